The molecule has 1 atom stereocenters. The number of nitrogens with one attached hydrogen (secondary N) is 3. The van der Waals surface area contributed by atoms with Crippen LogP contribution >= 0.6 is 11.3 Å². The standard InChI is InChI=1S/C29H37F2N5O2S/c1-6-25(37)33-19-8-10-20(11-9-19)36-22-12-7-18(16-32-17(2)29(3,4)5)15-21(22)34-28(36)35-27(38)24-14-13-23(39-24)26(30)31/h6-7,12-15,17,19-20,26,32H,1,8-11,16H2,2-5H3,(H,33,37)(H,34,35,38)/t17-,19-,20+/m0/s1. The maximum absolute atomic E-state index is 13.1. The molecule has 0 spiro atoms. The summed E-state index contributed by atoms with van der Waals surface area (Å²) in [6, 6.07) is 9.27. The van der Waals surface area contributed by atoms with Crippen molar-refractivity contribution in [2.75, 3.05) is 5.32 Å². The second kappa shape index (κ2) is 12.0. The minimum atomic E-state index is -2.62. The molecule has 2 aromatic heterocycles. The maximum Gasteiger partial charge on any atom is 0.272 e. The number of nitrogens with zero attached hydrogens (tertiary/aromatic N) is 2. The van der Waals surface area contributed by atoms with E-state index < -0.39 is 12.3 Å². The molecule has 1 aliphatic carbocycles. The molecule has 0 unspecified atom stereocenters. The molecule has 0 saturated heterocycles. The summed E-state index contributed by atoms with van der Waals surface area (Å²) in [5.74, 6) is -0.245. The fraction of sp³-hybridized carbons (Fsp3) is 0.483. The molecule has 4 rings (SSSR count). The Morgan fingerprint density at radius 1 is 1.18 bits per heavy atom. The zero-order valence-corrected chi connectivity index (χ0v) is 23.7. The van der Waals surface area contributed by atoms with E-state index in [9.17, 15) is 18.4 Å². The van der Waals surface area contributed by atoms with Gasteiger partial charge < -0.3 is 15.2 Å². The number of hydrogen-bond acceptors (Lipinski definition) is 5. The quantitative estimate of drug-likeness (QED) is 0.259. The van der Waals surface area contributed by atoms with Gasteiger partial charge >= 0.3 is 0 Å². The number of anilines is 1. The first-order chi connectivity index (χ1) is 18.5. The predicted octanol–water partition coefficient (Wildman–Crippen LogP) is 6.60. The average molecular weight is 558 g/mol. The van der Waals surface area contributed by atoms with E-state index in [0.29, 0.717) is 18.5 Å². The largest absolute Gasteiger partial charge is 0.350 e. The van der Waals surface area contributed by atoms with Gasteiger partial charge in [0, 0.05) is 24.7 Å². The Morgan fingerprint density at radius 2 is 1.90 bits per heavy atom. The fourth-order valence-corrected chi connectivity index (χ4v) is 5.54. The highest BCUT2D eigenvalue weighted by Gasteiger charge is 2.28. The number of alkyl halides is 2. The molecule has 2 amide bonds. The van der Waals surface area contributed by atoms with Crippen molar-refractivity contribution in [3.8, 4) is 0 Å². The first-order valence-electron chi connectivity index (χ1n) is 13.3. The monoisotopic (exact) mass is 557 g/mol. The molecule has 0 bridgehead atoms. The lowest BCUT2D eigenvalue weighted by atomic mass is 9.88. The van der Waals surface area contributed by atoms with Crippen molar-refractivity contribution in [2.45, 2.75) is 84.5 Å². The van der Waals surface area contributed by atoms with Gasteiger partial charge in [0.15, 0.2) is 0 Å². The van der Waals surface area contributed by atoms with Gasteiger partial charge in [0.1, 0.15) is 0 Å². The second-order valence-corrected chi connectivity index (χ2v) is 12.4. The van der Waals surface area contributed by atoms with Gasteiger partial charge in [-0.1, -0.05) is 33.4 Å². The Labute approximate surface area is 232 Å². The third kappa shape index (κ3) is 6.91. The summed E-state index contributed by atoms with van der Waals surface area (Å²) in [4.78, 5) is 29.7. The van der Waals surface area contributed by atoms with Crippen molar-refractivity contribution in [3.63, 3.8) is 0 Å². The number of halogens is 2. The molecule has 3 N–H and O–H groups in total. The summed E-state index contributed by atoms with van der Waals surface area (Å²) in [7, 11) is 0. The summed E-state index contributed by atoms with van der Waals surface area (Å²) >= 11 is 0.783. The molecule has 1 saturated carbocycles. The van der Waals surface area contributed by atoms with Gasteiger partial charge in [-0.05, 0) is 73.9 Å². The Bertz CT molecular complexity index is 1340. The van der Waals surface area contributed by atoms with Crippen LogP contribution < -0.4 is 16.0 Å². The third-order valence-corrected chi connectivity index (χ3v) is 8.64. The number of benzene rings is 1. The lowest BCUT2D eigenvalue weighted by molar-refractivity contribution is -0.117. The number of rotatable bonds is 9. The van der Waals surface area contributed by atoms with Crippen LogP contribution in [0, 0.1) is 5.41 Å². The smallest absolute Gasteiger partial charge is 0.272 e. The molecule has 1 fully saturated rings. The van der Waals surface area contributed by atoms with Crippen LogP contribution in [0.1, 0.15) is 86.0 Å². The number of thiophene rings is 1. The molecule has 210 valence electrons. The van der Waals surface area contributed by atoms with E-state index in [1.54, 1.807) is 0 Å². The molecule has 39 heavy (non-hydrogen) atoms. The van der Waals surface area contributed by atoms with Crippen LogP contribution in [0.2, 0.25) is 0 Å². The van der Waals surface area contributed by atoms with Crippen molar-refractivity contribution in [1.29, 1.82) is 0 Å². The zero-order chi connectivity index (χ0) is 28.3. The number of carbonyl (C=O) groups is 2. The lowest BCUT2D eigenvalue weighted by Crippen LogP contribution is -2.37. The second-order valence-electron chi connectivity index (χ2n) is 11.3. The Hall–Kier alpha value is -3.11. The molecule has 0 radical (unpaired) electrons. The summed E-state index contributed by atoms with van der Waals surface area (Å²) in [5.41, 5.74) is 2.86. The van der Waals surface area contributed by atoms with E-state index in [2.05, 4.69) is 60.9 Å². The highest BCUT2D eigenvalue weighted by molar-refractivity contribution is 7.14. The van der Waals surface area contributed by atoms with Crippen LogP contribution in [0.25, 0.3) is 11.0 Å². The molecule has 7 nitrogen and oxygen atoms in total. The molecule has 3 aromatic rings. The summed E-state index contributed by atoms with van der Waals surface area (Å²) < 4.78 is 28.2. The molecule has 2 heterocycles. The summed E-state index contributed by atoms with van der Waals surface area (Å²) in [5, 5.41) is 9.43. The molecule has 10 heteroatoms. The Kier molecular flexibility index (Phi) is 8.86. The van der Waals surface area contributed by atoms with Gasteiger partial charge in [-0.3, -0.25) is 14.9 Å². The van der Waals surface area contributed by atoms with E-state index in [0.717, 1.165) is 53.6 Å². The third-order valence-electron chi connectivity index (χ3n) is 7.55. The molecule has 1 aliphatic rings. The summed E-state index contributed by atoms with van der Waals surface area (Å²) in [6.45, 7) is 13.0. The fourth-order valence-electron chi connectivity index (χ4n) is 4.78. The van der Waals surface area contributed by atoms with Gasteiger partial charge in [-0.25, -0.2) is 13.8 Å². The number of aromatic nitrogens is 2. The molecular formula is C29H37F2N5O2S. The first kappa shape index (κ1) is 28.9. The average Bonchev–Trinajstić information content (AvgIpc) is 3.52. The van der Waals surface area contributed by atoms with E-state index in [4.69, 9.17) is 4.98 Å². The molecular weight excluding hydrogens is 520 g/mol. The normalized spacial score (nSPS) is 18.7. The van der Waals surface area contributed by atoms with Crippen LogP contribution in [-0.4, -0.2) is 33.4 Å². The Balaban J connectivity index is 1.61. The van der Waals surface area contributed by atoms with E-state index in [1.807, 2.05) is 12.1 Å². The maximum atomic E-state index is 13.1. The topological polar surface area (TPSA) is 88.1 Å². The number of fused-ring (bicyclic) bond motifs is 1. The van der Waals surface area contributed by atoms with Gasteiger partial charge in [-0.15, -0.1) is 11.3 Å². The van der Waals surface area contributed by atoms with Crippen LogP contribution in [0.15, 0.2) is 43.0 Å². The van der Waals surface area contributed by atoms with Crippen LogP contribution in [0.5, 0.6) is 0 Å². The van der Waals surface area contributed by atoms with Gasteiger partial charge in [-0.2, -0.15) is 0 Å². The number of carbonyl (C=O) groups excluding carboxylic acids is 2. The van der Waals surface area contributed by atoms with E-state index in [-0.39, 0.29) is 33.2 Å². The van der Waals surface area contributed by atoms with Crippen molar-refractivity contribution in [2.24, 2.45) is 5.41 Å². The van der Waals surface area contributed by atoms with Crippen LogP contribution in [-0.2, 0) is 11.3 Å². The lowest BCUT2D eigenvalue weighted by Gasteiger charge is -2.31. The van der Waals surface area contributed by atoms with Crippen molar-refractivity contribution < 1.29 is 18.4 Å². The highest BCUT2D eigenvalue weighted by atomic mass is 32.1. The van der Waals surface area contributed by atoms with Crippen molar-refractivity contribution in [1.82, 2.24) is 20.2 Å². The van der Waals surface area contributed by atoms with Gasteiger partial charge in [0.2, 0.25) is 11.9 Å². The SMILES string of the molecule is C=CC(=O)N[C@H]1CC[C@@H](n2c(NC(=O)c3ccc(C(F)F)s3)nc3cc(CN[C@@H](C)C(C)(C)C)ccc32)CC1. The van der Waals surface area contributed by atoms with Crippen molar-refractivity contribution >= 4 is 40.1 Å². The van der Waals surface area contributed by atoms with Crippen LogP contribution in [0.3, 0.4) is 0 Å². The molecule has 0 aliphatic heterocycles. The zero-order valence-electron chi connectivity index (χ0n) is 22.9. The van der Waals surface area contributed by atoms with Gasteiger partial charge in [0.25, 0.3) is 12.3 Å². The minimum Gasteiger partial charge on any atom is -0.350 e. The number of amides is 2. The summed E-state index contributed by atoms with van der Waals surface area (Å²) in [6.07, 6.45) is 1.81. The van der Waals surface area contributed by atoms with E-state index in [1.165, 1.54) is 18.2 Å². The highest BCUT2D eigenvalue weighted by Crippen LogP contribution is 2.35. The predicted molar refractivity (Wildman–Crippen MR) is 152 cm³/mol. The van der Waals surface area contributed by atoms with Crippen LogP contribution in [0.4, 0.5) is 14.7 Å². The van der Waals surface area contributed by atoms with Crippen molar-refractivity contribution in [3.05, 3.63) is 58.3 Å². The van der Waals surface area contributed by atoms with Gasteiger partial charge in [0.05, 0.1) is 20.8 Å². The Morgan fingerprint density at radius 3 is 2.51 bits per heavy atom. The van der Waals surface area contributed by atoms with E-state index >= 15 is 0 Å². The minimum absolute atomic E-state index is 0.0621. The molecule has 1 aromatic carbocycles. The number of hydrogen-bond donors (Lipinski definition) is 3. The number of imidazole rings is 1. The first-order valence-corrected chi connectivity index (χ1v) is 14.1.